The molecule has 1 atom stereocenters. The molecule has 0 saturated heterocycles. The Morgan fingerprint density at radius 3 is 2.83 bits per heavy atom. The third-order valence-electron chi connectivity index (χ3n) is 3.13. The van der Waals surface area contributed by atoms with Crippen molar-refractivity contribution < 1.29 is 0 Å². The molecule has 0 radical (unpaired) electrons. The first kappa shape index (κ1) is 12.9. The minimum atomic E-state index is 0.442. The summed E-state index contributed by atoms with van der Waals surface area (Å²) in [7, 11) is 0. The van der Waals surface area contributed by atoms with Gasteiger partial charge in [-0.15, -0.1) is 0 Å². The monoisotopic (exact) mass is 246 g/mol. The molecule has 0 saturated carbocycles. The Kier molecular flexibility index (Phi) is 4.18. The molecule has 98 valence electrons. The van der Waals surface area contributed by atoms with E-state index in [-0.39, 0.29) is 0 Å². The summed E-state index contributed by atoms with van der Waals surface area (Å²) in [6.45, 7) is 6.75. The molecular formula is C14H22N4. The summed E-state index contributed by atoms with van der Waals surface area (Å²) >= 11 is 0. The van der Waals surface area contributed by atoms with Gasteiger partial charge in [-0.3, -0.25) is 0 Å². The van der Waals surface area contributed by atoms with Gasteiger partial charge in [0.2, 0.25) is 0 Å². The molecule has 0 amide bonds. The molecule has 1 N–H and O–H groups in total. The number of rotatable bonds is 6. The van der Waals surface area contributed by atoms with Crippen LogP contribution in [0.15, 0.2) is 24.7 Å². The Labute approximate surface area is 108 Å². The number of nitrogens with zero attached hydrogens (tertiary/aromatic N) is 3. The van der Waals surface area contributed by atoms with Crippen molar-refractivity contribution in [1.29, 1.82) is 0 Å². The summed E-state index contributed by atoms with van der Waals surface area (Å²) in [6, 6.07) is 2.42. The molecule has 18 heavy (non-hydrogen) atoms. The van der Waals surface area contributed by atoms with E-state index in [4.69, 9.17) is 0 Å². The molecule has 0 aliphatic rings. The van der Waals surface area contributed by atoms with E-state index in [1.807, 2.05) is 16.8 Å². The van der Waals surface area contributed by atoms with Gasteiger partial charge in [0, 0.05) is 18.4 Å². The predicted molar refractivity (Wildman–Crippen MR) is 74.8 cm³/mol. The highest BCUT2D eigenvalue weighted by molar-refractivity contribution is 5.66. The normalized spacial score (nSPS) is 13.1. The van der Waals surface area contributed by atoms with E-state index < -0.39 is 0 Å². The first-order valence-corrected chi connectivity index (χ1v) is 6.71. The van der Waals surface area contributed by atoms with Crippen LogP contribution in [0.25, 0.3) is 5.52 Å². The van der Waals surface area contributed by atoms with E-state index in [9.17, 15) is 0 Å². The third-order valence-corrected chi connectivity index (χ3v) is 3.13. The molecule has 2 aromatic rings. The number of aromatic nitrogens is 3. The standard InChI is InChI=1S/C14H22N4/c1-11(2)5-4-6-12(3)17-14-13-7-8-16-18(13)10-9-15-14/h7-12H,4-6H2,1-3H3,(H,15,17). The Hall–Kier alpha value is -1.58. The van der Waals surface area contributed by atoms with Crippen LogP contribution in [-0.4, -0.2) is 20.6 Å². The van der Waals surface area contributed by atoms with E-state index >= 15 is 0 Å². The maximum atomic E-state index is 4.39. The van der Waals surface area contributed by atoms with Gasteiger partial charge in [0.1, 0.15) is 5.52 Å². The number of fused-ring (bicyclic) bond motifs is 1. The van der Waals surface area contributed by atoms with Crippen molar-refractivity contribution in [3.63, 3.8) is 0 Å². The van der Waals surface area contributed by atoms with Crippen LogP contribution in [0.2, 0.25) is 0 Å². The van der Waals surface area contributed by atoms with E-state index in [0.717, 1.165) is 17.3 Å². The molecule has 2 rings (SSSR count). The molecule has 0 fully saturated rings. The first-order chi connectivity index (χ1) is 8.66. The van der Waals surface area contributed by atoms with Crippen molar-refractivity contribution in [2.75, 3.05) is 5.32 Å². The zero-order valence-electron chi connectivity index (χ0n) is 11.4. The average molecular weight is 246 g/mol. The second kappa shape index (κ2) is 5.85. The van der Waals surface area contributed by atoms with E-state index in [2.05, 4.69) is 36.2 Å². The van der Waals surface area contributed by atoms with Gasteiger partial charge >= 0.3 is 0 Å². The predicted octanol–water partition coefficient (Wildman–Crippen LogP) is 3.36. The highest BCUT2D eigenvalue weighted by atomic mass is 15.2. The lowest BCUT2D eigenvalue weighted by molar-refractivity contribution is 0.520. The van der Waals surface area contributed by atoms with E-state index in [1.54, 1.807) is 12.4 Å². The van der Waals surface area contributed by atoms with Crippen molar-refractivity contribution >= 4 is 11.3 Å². The van der Waals surface area contributed by atoms with Crippen LogP contribution in [0.3, 0.4) is 0 Å². The molecular weight excluding hydrogens is 224 g/mol. The summed E-state index contributed by atoms with van der Waals surface area (Å²) in [5.74, 6) is 1.71. The summed E-state index contributed by atoms with van der Waals surface area (Å²) in [5.41, 5.74) is 1.04. The number of hydrogen-bond donors (Lipinski definition) is 1. The molecule has 0 aliphatic carbocycles. The molecule has 1 unspecified atom stereocenters. The molecule has 0 bridgehead atoms. The Bertz CT molecular complexity index is 489. The lowest BCUT2D eigenvalue weighted by atomic mass is 10.0. The van der Waals surface area contributed by atoms with E-state index in [0.29, 0.717) is 6.04 Å². The van der Waals surface area contributed by atoms with Crippen molar-refractivity contribution in [3.8, 4) is 0 Å². The highest BCUT2D eigenvalue weighted by Crippen LogP contribution is 2.16. The average Bonchev–Trinajstić information content (AvgIpc) is 2.77. The molecule has 0 aliphatic heterocycles. The van der Waals surface area contributed by atoms with Crippen LogP contribution in [0, 0.1) is 5.92 Å². The van der Waals surface area contributed by atoms with Gasteiger partial charge in [0.25, 0.3) is 0 Å². The lowest BCUT2D eigenvalue weighted by Gasteiger charge is -2.15. The molecule has 0 spiro atoms. The zero-order valence-corrected chi connectivity index (χ0v) is 11.4. The van der Waals surface area contributed by atoms with Crippen LogP contribution < -0.4 is 5.32 Å². The second-order valence-corrected chi connectivity index (χ2v) is 5.31. The summed E-state index contributed by atoms with van der Waals surface area (Å²) < 4.78 is 1.84. The van der Waals surface area contributed by atoms with Crippen molar-refractivity contribution in [1.82, 2.24) is 14.6 Å². The van der Waals surface area contributed by atoms with E-state index in [1.165, 1.54) is 19.3 Å². The molecule has 2 aromatic heterocycles. The fourth-order valence-corrected chi connectivity index (χ4v) is 2.11. The van der Waals surface area contributed by atoms with Gasteiger partial charge in [-0.2, -0.15) is 5.10 Å². The van der Waals surface area contributed by atoms with Crippen LogP contribution in [0.4, 0.5) is 5.82 Å². The Morgan fingerprint density at radius 1 is 1.22 bits per heavy atom. The summed E-state index contributed by atoms with van der Waals surface area (Å²) in [5, 5.41) is 7.68. The van der Waals surface area contributed by atoms with Gasteiger partial charge in [-0.1, -0.05) is 26.7 Å². The van der Waals surface area contributed by atoms with Crippen molar-refractivity contribution in [2.24, 2.45) is 5.92 Å². The topological polar surface area (TPSA) is 42.2 Å². The van der Waals surface area contributed by atoms with Gasteiger partial charge in [-0.05, 0) is 25.3 Å². The highest BCUT2D eigenvalue weighted by Gasteiger charge is 2.07. The minimum absolute atomic E-state index is 0.442. The van der Waals surface area contributed by atoms with Gasteiger partial charge in [-0.25, -0.2) is 9.50 Å². The SMILES string of the molecule is CC(C)CCCC(C)Nc1nccn2nccc12. The van der Waals surface area contributed by atoms with Crippen molar-refractivity contribution in [3.05, 3.63) is 24.7 Å². The Balaban J connectivity index is 1.94. The Morgan fingerprint density at radius 2 is 2.06 bits per heavy atom. The molecule has 0 aromatic carbocycles. The maximum absolute atomic E-state index is 4.39. The summed E-state index contributed by atoms with van der Waals surface area (Å²) in [4.78, 5) is 4.39. The molecule has 4 nitrogen and oxygen atoms in total. The zero-order chi connectivity index (χ0) is 13.0. The molecule has 2 heterocycles. The van der Waals surface area contributed by atoms with Crippen LogP contribution in [0.1, 0.15) is 40.0 Å². The smallest absolute Gasteiger partial charge is 0.152 e. The minimum Gasteiger partial charge on any atom is -0.366 e. The largest absolute Gasteiger partial charge is 0.366 e. The quantitative estimate of drug-likeness (QED) is 0.850. The molecule has 4 heteroatoms. The van der Waals surface area contributed by atoms with Crippen LogP contribution in [0.5, 0.6) is 0 Å². The second-order valence-electron chi connectivity index (χ2n) is 5.31. The number of hydrogen-bond acceptors (Lipinski definition) is 3. The number of anilines is 1. The first-order valence-electron chi connectivity index (χ1n) is 6.71. The number of nitrogens with one attached hydrogen (secondary N) is 1. The van der Waals surface area contributed by atoms with Crippen molar-refractivity contribution in [2.45, 2.75) is 46.1 Å². The lowest BCUT2D eigenvalue weighted by Crippen LogP contribution is -2.16. The van der Waals surface area contributed by atoms with Gasteiger partial charge < -0.3 is 5.32 Å². The fourth-order valence-electron chi connectivity index (χ4n) is 2.11. The van der Waals surface area contributed by atoms with Gasteiger partial charge in [0.05, 0.1) is 6.20 Å². The maximum Gasteiger partial charge on any atom is 0.152 e. The summed E-state index contributed by atoms with van der Waals surface area (Å²) in [6.07, 6.45) is 9.17. The van der Waals surface area contributed by atoms with Crippen LogP contribution >= 0.6 is 0 Å². The fraction of sp³-hybridized carbons (Fsp3) is 0.571. The third kappa shape index (κ3) is 3.22. The van der Waals surface area contributed by atoms with Gasteiger partial charge in [0.15, 0.2) is 5.82 Å². The van der Waals surface area contributed by atoms with Crippen LogP contribution in [-0.2, 0) is 0 Å².